The summed E-state index contributed by atoms with van der Waals surface area (Å²) in [6, 6.07) is 6.86. The van der Waals surface area contributed by atoms with E-state index in [1.54, 1.807) is 12.1 Å². The Labute approximate surface area is 89.9 Å². The van der Waals surface area contributed by atoms with Gasteiger partial charge >= 0.3 is 0 Å². The van der Waals surface area contributed by atoms with Crippen LogP contribution in [0, 0.1) is 5.41 Å². The fourth-order valence-corrected chi connectivity index (χ4v) is 1.45. The average Bonchev–Trinajstić information content (AvgIpc) is 2.21. The van der Waals surface area contributed by atoms with Gasteiger partial charge in [0, 0.05) is 5.41 Å². The smallest absolute Gasteiger partial charge is 0.223 e. The van der Waals surface area contributed by atoms with Gasteiger partial charge in [-0.05, 0) is 30.5 Å². The van der Waals surface area contributed by atoms with E-state index < -0.39 is 5.41 Å². The lowest BCUT2D eigenvalue weighted by Gasteiger charge is -2.24. The lowest BCUT2D eigenvalue weighted by molar-refractivity contribution is -0.126. The van der Waals surface area contributed by atoms with Gasteiger partial charge in [-0.15, -0.1) is 0 Å². The Morgan fingerprint density at radius 2 is 1.93 bits per heavy atom. The van der Waals surface area contributed by atoms with Crippen LogP contribution in [-0.4, -0.2) is 11.0 Å². The van der Waals surface area contributed by atoms with Gasteiger partial charge in [0.25, 0.3) is 0 Å². The maximum atomic E-state index is 11.3. The first kappa shape index (κ1) is 11.6. The third kappa shape index (κ3) is 2.72. The zero-order valence-corrected chi connectivity index (χ0v) is 9.16. The van der Waals surface area contributed by atoms with Crippen molar-refractivity contribution in [2.45, 2.75) is 26.7 Å². The van der Waals surface area contributed by atoms with E-state index in [4.69, 9.17) is 10.8 Å². The molecule has 1 aromatic carbocycles. The summed E-state index contributed by atoms with van der Waals surface area (Å²) in [5.41, 5.74) is 5.88. The zero-order chi connectivity index (χ0) is 11.5. The van der Waals surface area contributed by atoms with Gasteiger partial charge < -0.3 is 10.8 Å². The van der Waals surface area contributed by atoms with Gasteiger partial charge in [-0.3, -0.25) is 4.79 Å². The largest absolute Gasteiger partial charge is 0.508 e. The second kappa shape index (κ2) is 4.34. The first-order valence-electron chi connectivity index (χ1n) is 5.06. The lowest BCUT2D eigenvalue weighted by atomic mass is 9.80. The van der Waals surface area contributed by atoms with E-state index in [1.165, 1.54) is 0 Å². The molecule has 0 radical (unpaired) electrons. The zero-order valence-electron chi connectivity index (χ0n) is 9.16. The van der Waals surface area contributed by atoms with Gasteiger partial charge in [0.15, 0.2) is 0 Å². The molecule has 0 fully saturated rings. The highest BCUT2D eigenvalue weighted by Gasteiger charge is 2.28. The Hall–Kier alpha value is -1.51. The van der Waals surface area contributed by atoms with E-state index in [0.717, 1.165) is 5.56 Å². The van der Waals surface area contributed by atoms with Crippen molar-refractivity contribution in [3.63, 3.8) is 0 Å². The Balaban J connectivity index is 2.84. The van der Waals surface area contributed by atoms with Gasteiger partial charge in [0.2, 0.25) is 5.91 Å². The number of carbonyl (C=O) groups excluding carboxylic acids is 1. The molecule has 0 spiro atoms. The minimum absolute atomic E-state index is 0.232. The number of aromatic hydroxyl groups is 1. The maximum absolute atomic E-state index is 11.3. The van der Waals surface area contributed by atoms with E-state index in [0.29, 0.717) is 12.8 Å². The molecule has 1 aromatic rings. The monoisotopic (exact) mass is 207 g/mol. The summed E-state index contributed by atoms with van der Waals surface area (Å²) in [6.07, 6.45) is 1.32. The molecule has 0 aliphatic carbocycles. The molecule has 3 N–H and O–H groups in total. The van der Waals surface area contributed by atoms with Crippen LogP contribution in [-0.2, 0) is 11.2 Å². The van der Waals surface area contributed by atoms with Crippen LogP contribution in [0.4, 0.5) is 0 Å². The van der Waals surface area contributed by atoms with Crippen LogP contribution in [0.3, 0.4) is 0 Å². The minimum Gasteiger partial charge on any atom is -0.508 e. The first-order chi connectivity index (χ1) is 6.98. The number of hydrogen-bond donors (Lipinski definition) is 2. The molecule has 3 nitrogen and oxygen atoms in total. The number of phenols is 1. The van der Waals surface area contributed by atoms with E-state index in [-0.39, 0.29) is 11.7 Å². The molecule has 1 amide bonds. The van der Waals surface area contributed by atoms with Gasteiger partial charge in [-0.25, -0.2) is 0 Å². The van der Waals surface area contributed by atoms with Crippen LogP contribution in [0.1, 0.15) is 25.8 Å². The second-order valence-electron chi connectivity index (χ2n) is 4.12. The molecular formula is C12H17NO2. The van der Waals surface area contributed by atoms with Crippen LogP contribution < -0.4 is 5.73 Å². The molecule has 0 aliphatic rings. The summed E-state index contributed by atoms with van der Waals surface area (Å²) in [5, 5.41) is 9.13. The summed E-state index contributed by atoms with van der Waals surface area (Å²) in [5.74, 6) is -0.0471. The number of nitrogens with two attached hydrogens (primary N) is 1. The minimum atomic E-state index is -0.503. The molecule has 0 saturated carbocycles. The topological polar surface area (TPSA) is 63.3 Å². The van der Waals surface area contributed by atoms with Crippen molar-refractivity contribution in [1.82, 2.24) is 0 Å². The lowest BCUT2D eigenvalue weighted by Crippen LogP contribution is -2.35. The SMILES string of the molecule is CC[C@@](C)(Cc1ccc(O)cc1)C(N)=O. The molecular weight excluding hydrogens is 190 g/mol. The van der Waals surface area contributed by atoms with Crippen molar-refractivity contribution >= 4 is 5.91 Å². The van der Waals surface area contributed by atoms with Crippen molar-refractivity contribution < 1.29 is 9.90 Å². The second-order valence-corrected chi connectivity index (χ2v) is 4.12. The Kier molecular flexibility index (Phi) is 3.35. The molecule has 0 saturated heterocycles. The Bertz CT molecular complexity index is 345. The van der Waals surface area contributed by atoms with Crippen molar-refractivity contribution in [3.8, 4) is 5.75 Å². The predicted octanol–water partition coefficient (Wildman–Crippen LogP) is 1.84. The molecule has 1 rings (SSSR count). The van der Waals surface area contributed by atoms with Crippen molar-refractivity contribution in [3.05, 3.63) is 29.8 Å². The van der Waals surface area contributed by atoms with Crippen LogP contribution in [0.2, 0.25) is 0 Å². The number of hydrogen-bond acceptors (Lipinski definition) is 2. The third-order valence-electron chi connectivity index (χ3n) is 2.91. The number of primary amides is 1. The predicted molar refractivity (Wildman–Crippen MR) is 59.4 cm³/mol. The van der Waals surface area contributed by atoms with Gasteiger partial charge in [-0.2, -0.15) is 0 Å². The van der Waals surface area contributed by atoms with Crippen LogP contribution in [0.5, 0.6) is 5.75 Å². The number of benzene rings is 1. The number of amides is 1. The first-order valence-corrected chi connectivity index (χ1v) is 5.06. The highest BCUT2D eigenvalue weighted by atomic mass is 16.3. The summed E-state index contributed by atoms with van der Waals surface area (Å²) in [4.78, 5) is 11.3. The van der Waals surface area contributed by atoms with E-state index >= 15 is 0 Å². The summed E-state index contributed by atoms with van der Waals surface area (Å²) in [7, 11) is 0. The number of rotatable bonds is 4. The number of carbonyl (C=O) groups is 1. The van der Waals surface area contributed by atoms with Crippen molar-refractivity contribution in [2.24, 2.45) is 11.1 Å². The van der Waals surface area contributed by atoms with Crippen LogP contribution in [0.15, 0.2) is 24.3 Å². The van der Waals surface area contributed by atoms with Gasteiger partial charge in [-0.1, -0.05) is 26.0 Å². The molecule has 0 bridgehead atoms. The highest BCUT2D eigenvalue weighted by molar-refractivity contribution is 5.80. The number of phenolic OH excluding ortho intramolecular Hbond substituents is 1. The molecule has 0 aromatic heterocycles. The van der Waals surface area contributed by atoms with Crippen molar-refractivity contribution in [2.75, 3.05) is 0 Å². The molecule has 82 valence electrons. The van der Waals surface area contributed by atoms with E-state index in [9.17, 15) is 4.79 Å². The Morgan fingerprint density at radius 3 is 2.33 bits per heavy atom. The van der Waals surface area contributed by atoms with Crippen LogP contribution >= 0.6 is 0 Å². The molecule has 3 heteroatoms. The van der Waals surface area contributed by atoms with Crippen LogP contribution in [0.25, 0.3) is 0 Å². The molecule has 0 aliphatic heterocycles. The van der Waals surface area contributed by atoms with Crippen molar-refractivity contribution in [1.29, 1.82) is 0 Å². The maximum Gasteiger partial charge on any atom is 0.223 e. The molecule has 1 atom stereocenters. The van der Waals surface area contributed by atoms with Gasteiger partial charge in [0.1, 0.15) is 5.75 Å². The Morgan fingerprint density at radius 1 is 1.40 bits per heavy atom. The summed E-state index contributed by atoms with van der Waals surface area (Å²) < 4.78 is 0. The molecule has 0 heterocycles. The average molecular weight is 207 g/mol. The quantitative estimate of drug-likeness (QED) is 0.791. The molecule has 15 heavy (non-hydrogen) atoms. The van der Waals surface area contributed by atoms with Gasteiger partial charge in [0.05, 0.1) is 0 Å². The summed E-state index contributed by atoms with van der Waals surface area (Å²) in [6.45, 7) is 3.81. The third-order valence-corrected chi connectivity index (χ3v) is 2.91. The normalized spacial score (nSPS) is 14.5. The molecule has 0 unspecified atom stereocenters. The fourth-order valence-electron chi connectivity index (χ4n) is 1.45. The highest BCUT2D eigenvalue weighted by Crippen LogP contribution is 2.26. The summed E-state index contributed by atoms with van der Waals surface area (Å²) >= 11 is 0. The van der Waals surface area contributed by atoms with E-state index in [2.05, 4.69) is 0 Å². The van der Waals surface area contributed by atoms with E-state index in [1.807, 2.05) is 26.0 Å². The standard InChI is InChI=1S/C12H17NO2/c1-3-12(2,11(13)15)8-9-4-6-10(14)7-5-9/h4-7,14H,3,8H2,1-2H3,(H2,13,15)/t12-/m0/s1. The fraction of sp³-hybridized carbons (Fsp3) is 0.417.